The summed E-state index contributed by atoms with van der Waals surface area (Å²) in [5.41, 5.74) is 0.585. The molecule has 30 heavy (non-hydrogen) atoms. The summed E-state index contributed by atoms with van der Waals surface area (Å²) in [7, 11) is 1.41. The largest absolute Gasteiger partial charge is 0.493 e. The molecule has 1 N–H and O–H groups in total. The molecule has 0 amide bonds. The monoisotopic (exact) mass is 493 g/mol. The second-order valence-corrected chi connectivity index (χ2v) is 7.47. The summed E-state index contributed by atoms with van der Waals surface area (Å²) in [5.74, 6) is -0.291. The van der Waals surface area contributed by atoms with Crippen molar-refractivity contribution in [1.82, 2.24) is 9.66 Å². The van der Waals surface area contributed by atoms with E-state index in [1.165, 1.54) is 30.1 Å². The molecule has 0 atom stereocenters. The van der Waals surface area contributed by atoms with Crippen molar-refractivity contribution in [3.05, 3.63) is 61.6 Å². The Morgan fingerprint density at radius 1 is 1.37 bits per heavy atom. The standard InChI is InChI=1S/C20H17BrClN3O5/c1-3-17-24-15-5-4-12(21)7-14(15)20(28)25(17)23-9-11-6-13(22)8-16(29-2)19(11)30-10-18(26)27/h4-9H,3,10H2,1-2H3,(H,26,27). The number of carboxylic acid groups (broad SMARTS) is 1. The number of ether oxygens (including phenoxy) is 2. The van der Waals surface area contributed by atoms with Crippen LogP contribution in [0.1, 0.15) is 18.3 Å². The molecular formula is C20H17BrClN3O5. The molecule has 0 aliphatic heterocycles. The van der Waals surface area contributed by atoms with Gasteiger partial charge in [-0.2, -0.15) is 9.78 Å². The summed E-state index contributed by atoms with van der Waals surface area (Å²) < 4.78 is 12.5. The fourth-order valence-electron chi connectivity index (χ4n) is 2.79. The van der Waals surface area contributed by atoms with Gasteiger partial charge in [0.2, 0.25) is 0 Å². The van der Waals surface area contributed by atoms with Gasteiger partial charge in [-0.15, -0.1) is 0 Å². The zero-order valence-electron chi connectivity index (χ0n) is 16.1. The van der Waals surface area contributed by atoms with Gasteiger partial charge in [0.05, 0.1) is 24.2 Å². The van der Waals surface area contributed by atoms with Crippen molar-refractivity contribution in [2.24, 2.45) is 5.10 Å². The maximum Gasteiger partial charge on any atom is 0.341 e. The Hall–Kier alpha value is -2.91. The summed E-state index contributed by atoms with van der Waals surface area (Å²) in [4.78, 5) is 28.4. The first-order chi connectivity index (χ1) is 14.3. The minimum Gasteiger partial charge on any atom is -0.493 e. The molecule has 2 aromatic carbocycles. The van der Waals surface area contributed by atoms with E-state index in [4.69, 9.17) is 26.2 Å². The van der Waals surface area contributed by atoms with Crippen molar-refractivity contribution in [3.8, 4) is 11.5 Å². The molecule has 0 aliphatic rings. The van der Waals surface area contributed by atoms with E-state index < -0.39 is 12.6 Å². The highest BCUT2D eigenvalue weighted by molar-refractivity contribution is 9.10. The predicted octanol–water partition coefficient (Wildman–Crippen LogP) is 3.73. The zero-order valence-corrected chi connectivity index (χ0v) is 18.4. The molecule has 1 aromatic heterocycles. The van der Waals surface area contributed by atoms with E-state index in [1.807, 2.05) is 13.0 Å². The van der Waals surface area contributed by atoms with Gasteiger partial charge < -0.3 is 14.6 Å². The summed E-state index contributed by atoms with van der Waals surface area (Å²) in [5, 5.41) is 14.0. The number of aliphatic carboxylic acids is 1. The van der Waals surface area contributed by atoms with E-state index >= 15 is 0 Å². The molecule has 156 valence electrons. The number of aryl methyl sites for hydroxylation is 1. The summed E-state index contributed by atoms with van der Waals surface area (Å²) in [6.07, 6.45) is 1.83. The number of carbonyl (C=O) groups is 1. The van der Waals surface area contributed by atoms with Gasteiger partial charge in [-0.1, -0.05) is 34.5 Å². The third-order valence-corrected chi connectivity index (χ3v) is 4.82. The number of fused-ring (bicyclic) bond motifs is 1. The average molecular weight is 495 g/mol. The molecular weight excluding hydrogens is 478 g/mol. The number of hydrogen-bond acceptors (Lipinski definition) is 6. The van der Waals surface area contributed by atoms with Gasteiger partial charge in [0.25, 0.3) is 5.56 Å². The second kappa shape index (κ2) is 9.27. The Morgan fingerprint density at radius 3 is 2.80 bits per heavy atom. The van der Waals surface area contributed by atoms with Crippen LogP contribution in [-0.4, -0.2) is 40.7 Å². The lowest BCUT2D eigenvalue weighted by molar-refractivity contribution is -0.139. The molecule has 1 heterocycles. The van der Waals surface area contributed by atoms with Crippen molar-refractivity contribution in [3.63, 3.8) is 0 Å². The van der Waals surface area contributed by atoms with Crippen molar-refractivity contribution in [2.75, 3.05) is 13.7 Å². The first-order valence-electron chi connectivity index (χ1n) is 8.81. The van der Waals surface area contributed by atoms with Crippen LogP contribution >= 0.6 is 27.5 Å². The lowest BCUT2D eigenvalue weighted by atomic mass is 10.2. The van der Waals surface area contributed by atoms with Gasteiger partial charge in [-0.05, 0) is 24.3 Å². The number of hydrogen-bond donors (Lipinski definition) is 1. The van der Waals surface area contributed by atoms with E-state index in [0.29, 0.717) is 33.7 Å². The van der Waals surface area contributed by atoms with Crippen LogP contribution < -0.4 is 15.0 Å². The smallest absolute Gasteiger partial charge is 0.341 e. The van der Waals surface area contributed by atoms with E-state index in [0.717, 1.165) is 4.47 Å². The number of methoxy groups -OCH3 is 1. The molecule has 0 saturated carbocycles. The minimum absolute atomic E-state index is 0.149. The van der Waals surface area contributed by atoms with Crippen LogP contribution in [0.25, 0.3) is 10.9 Å². The highest BCUT2D eigenvalue weighted by atomic mass is 79.9. The quantitative estimate of drug-likeness (QED) is 0.502. The Kier molecular flexibility index (Phi) is 6.73. The molecule has 0 fully saturated rings. The molecule has 8 nitrogen and oxygen atoms in total. The van der Waals surface area contributed by atoms with Crippen LogP contribution in [-0.2, 0) is 11.2 Å². The van der Waals surface area contributed by atoms with E-state index in [2.05, 4.69) is 26.0 Å². The van der Waals surface area contributed by atoms with Gasteiger partial charge in [0, 0.05) is 27.5 Å². The molecule has 0 spiro atoms. The highest BCUT2D eigenvalue weighted by Gasteiger charge is 2.15. The maximum atomic E-state index is 13.0. The molecule has 3 rings (SSSR count). The molecule has 3 aromatic rings. The van der Waals surface area contributed by atoms with Crippen LogP contribution in [0.4, 0.5) is 0 Å². The van der Waals surface area contributed by atoms with Crippen LogP contribution in [0, 0.1) is 0 Å². The number of halogens is 2. The van der Waals surface area contributed by atoms with Gasteiger partial charge >= 0.3 is 5.97 Å². The third kappa shape index (κ3) is 4.63. The average Bonchev–Trinajstić information content (AvgIpc) is 2.71. The number of aromatic nitrogens is 2. The Bertz CT molecular complexity index is 1210. The van der Waals surface area contributed by atoms with Crippen molar-refractivity contribution in [1.29, 1.82) is 0 Å². The summed E-state index contributed by atoms with van der Waals surface area (Å²) >= 11 is 9.49. The molecule has 0 unspecified atom stereocenters. The predicted molar refractivity (Wildman–Crippen MR) is 117 cm³/mol. The van der Waals surface area contributed by atoms with Crippen molar-refractivity contribution in [2.45, 2.75) is 13.3 Å². The highest BCUT2D eigenvalue weighted by Crippen LogP contribution is 2.34. The Morgan fingerprint density at radius 2 is 2.13 bits per heavy atom. The Labute approximate surface area is 184 Å². The normalized spacial score (nSPS) is 11.2. The maximum absolute atomic E-state index is 13.0. The molecule has 0 bridgehead atoms. The summed E-state index contributed by atoms with van der Waals surface area (Å²) in [6, 6.07) is 8.28. The van der Waals surface area contributed by atoms with Crippen LogP contribution in [0.5, 0.6) is 11.5 Å². The fourth-order valence-corrected chi connectivity index (χ4v) is 3.37. The molecule has 0 aliphatic carbocycles. The number of rotatable bonds is 7. The number of carboxylic acids is 1. The van der Waals surface area contributed by atoms with Gasteiger partial charge in [-0.25, -0.2) is 9.78 Å². The lowest BCUT2D eigenvalue weighted by Crippen LogP contribution is -2.22. The van der Waals surface area contributed by atoms with Gasteiger partial charge in [0.15, 0.2) is 18.1 Å². The van der Waals surface area contributed by atoms with Crippen LogP contribution in [0.3, 0.4) is 0 Å². The van der Waals surface area contributed by atoms with E-state index in [-0.39, 0.29) is 17.1 Å². The zero-order chi connectivity index (χ0) is 21.8. The minimum atomic E-state index is -1.15. The molecule has 0 radical (unpaired) electrons. The SMILES string of the molecule is CCc1nc2ccc(Br)cc2c(=O)n1N=Cc1cc(Cl)cc(OC)c1OCC(=O)O. The van der Waals surface area contributed by atoms with Gasteiger partial charge in [0.1, 0.15) is 5.82 Å². The first-order valence-corrected chi connectivity index (χ1v) is 9.98. The topological polar surface area (TPSA) is 103 Å². The second-order valence-electron chi connectivity index (χ2n) is 6.11. The Balaban J connectivity index is 2.14. The van der Waals surface area contributed by atoms with Crippen molar-refractivity contribution < 1.29 is 19.4 Å². The third-order valence-electron chi connectivity index (χ3n) is 4.11. The fraction of sp³-hybridized carbons (Fsp3) is 0.200. The summed E-state index contributed by atoms with van der Waals surface area (Å²) in [6.45, 7) is 1.28. The molecule has 10 heteroatoms. The number of nitrogens with zero attached hydrogens (tertiary/aromatic N) is 3. The van der Waals surface area contributed by atoms with Crippen LogP contribution in [0.15, 0.2) is 44.7 Å². The van der Waals surface area contributed by atoms with Crippen molar-refractivity contribution >= 4 is 50.6 Å². The molecule has 0 saturated heterocycles. The van der Waals surface area contributed by atoms with E-state index in [9.17, 15) is 9.59 Å². The lowest BCUT2D eigenvalue weighted by Gasteiger charge is -2.13. The van der Waals surface area contributed by atoms with Gasteiger partial charge in [-0.3, -0.25) is 4.79 Å². The van der Waals surface area contributed by atoms with E-state index in [1.54, 1.807) is 12.1 Å². The van der Waals surface area contributed by atoms with Crippen LogP contribution in [0.2, 0.25) is 5.02 Å². The number of benzene rings is 2. The first kappa shape index (κ1) is 21.8.